The number of para-hydroxylation sites is 1. The van der Waals surface area contributed by atoms with Crippen LogP contribution in [0.1, 0.15) is 13.3 Å². The molecule has 0 fully saturated rings. The van der Waals surface area contributed by atoms with Gasteiger partial charge in [-0.3, -0.25) is 0 Å². The van der Waals surface area contributed by atoms with E-state index in [4.69, 9.17) is 11.6 Å². The summed E-state index contributed by atoms with van der Waals surface area (Å²) < 4.78 is 13.5. The zero-order chi connectivity index (χ0) is 13.7. The van der Waals surface area contributed by atoms with E-state index < -0.39 is 0 Å². The minimum absolute atomic E-state index is 0.0486. The highest BCUT2D eigenvalue weighted by Crippen LogP contribution is 2.18. The van der Waals surface area contributed by atoms with Crippen molar-refractivity contribution in [2.24, 2.45) is 0 Å². The van der Waals surface area contributed by atoms with E-state index in [0.717, 1.165) is 13.0 Å². The fourth-order valence-corrected chi connectivity index (χ4v) is 1.56. The fraction of sp³-hybridized carbons (Fsp3) is 0.250. The Morgan fingerprint density at radius 3 is 2.63 bits per heavy atom. The highest BCUT2D eigenvalue weighted by atomic mass is 35.5. The Balaban J connectivity index is 2.20. The van der Waals surface area contributed by atoms with Crippen LogP contribution in [0.25, 0.3) is 0 Å². The van der Waals surface area contributed by atoms with Crippen LogP contribution in [0.4, 0.5) is 22.0 Å². The number of rotatable bonds is 5. The fourth-order valence-electron chi connectivity index (χ4n) is 1.40. The van der Waals surface area contributed by atoms with Crippen LogP contribution in [0.5, 0.6) is 0 Å². The van der Waals surface area contributed by atoms with E-state index in [1.807, 2.05) is 6.92 Å². The van der Waals surface area contributed by atoms with Gasteiger partial charge in [0, 0.05) is 6.54 Å². The minimum Gasteiger partial charge on any atom is -0.354 e. The second kappa shape index (κ2) is 6.29. The monoisotopic (exact) mass is 281 g/mol. The summed E-state index contributed by atoms with van der Waals surface area (Å²) in [4.78, 5) is 11.9. The van der Waals surface area contributed by atoms with Gasteiger partial charge in [-0.25, -0.2) is 4.39 Å². The molecule has 2 aromatic rings. The Labute approximate surface area is 115 Å². The Kier molecular flexibility index (Phi) is 4.46. The maximum Gasteiger partial charge on any atom is 0.233 e. The summed E-state index contributed by atoms with van der Waals surface area (Å²) in [5.74, 6) is 0.173. The van der Waals surface area contributed by atoms with Gasteiger partial charge in [0.25, 0.3) is 0 Å². The first-order chi connectivity index (χ1) is 9.19. The van der Waals surface area contributed by atoms with Gasteiger partial charge in [0.05, 0.1) is 5.69 Å². The van der Waals surface area contributed by atoms with E-state index in [-0.39, 0.29) is 22.7 Å². The Morgan fingerprint density at radius 1 is 1.16 bits per heavy atom. The van der Waals surface area contributed by atoms with Crippen molar-refractivity contribution in [1.82, 2.24) is 15.0 Å². The number of hydrogen-bond acceptors (Lipinski definition) is 5. The predicted octanol–water partition coefficient (Wildman–Crippen LogP) is 3.23. The molecule has 0 radical (unpaired) electrons. The standard InChI is InChI=1S/C12H13ClFN5/c1-2-7-15-11-17-10(13)18-12(19-11)16-9-6-4-3-5-8(9)14/h3-6H,2,7H2,1H3,(H2,15,16,17,18,19). The molecule has 0 aliphatic heterocycles. The van der Waals surface area contributed by atoms with Crippen LogP contribution in [0, 0.1) is 5.82 Å². The van der Waals surface area contributed by atoms with Crippen molar-refractivity contribution in [3.63, 3.8) is 0 Å². The van der Waals surface area contributed by atoms with Crippen LogP contribution in [0.2, 0.25) is 5.28 Å². The van der Waals surface area contributed by atoms with Gasteiger partial charge in [-0.1, -0.05) is 19.1 Å². The molecule has 2 rings (SSSR count). The second-order valence-corrected chi connectivity index (χ2v) is 4.12. The topological polar surface area (TPSA) is 62.7 Å². The Morgan fingerprint density at radius 2 is 1.89 bits per heavy atom. The first kappa shape index (κ1) is 13.5. The van der Waals surface area contributed by atoms with Crippen molar-refractivity contribution in [1.29, 1.82) is 0 Å². The summed E-state index contributed by atoms with van der Waals surface area (Å²) in [5.41, 5.74) is 0.284. The normalized spacial score (nSPS) is 10.3. The summed E-state index contributed by atoms with van der Waals surface area (Å²) in [6, 6.07) is 6.26. The van der Waals surface area contributed by atoms with Gasteiger partial charge >= 0.3 is 0 Å². The van der Waals surface area contributed by atoms with E-state index in [0.29, 0.717) is 5.95 Å². The van der Waals surface area contributed by atoms with Crippen LogP contribution in [-0.4, -0.2) is 21.5 Å². The average molecular weight is 282 g/mol. The molecule has 5 nitrogen and oxygen atoms in total. The molecule has 2 N–H and O–H groups in total. The van der Waals surface area contributed by atoms with Crippen molar-refractivity contribution in [3.05, 3.63) is 35.4 Å². The molecule has 1 aromatic heterocycles. The van der Waals surface area contributed by atoms with Gasteiger partial charge < -0.3 is 10.6 Å². The Hall–Kier alpha value is -1.95. The molecule has 1 heterocycles. The van der Waals surface area contributed by atoms with E-state index in [1.54, 1.807) is 18.2 Å². The summed E-state index contributed by atoms with van der Waals surface area (Å²) in [6.45, 7) is 2.74. The third kappa shape index (κ3) is 3.75. The maximum atomic E-state index is 13.5. The van der Waals surface area contributed by atoms with E-state index in [9.17, 15) is 4.39 Å². The molecular formula is C12H13ClFN5. The molecule has 0 bridgehead atoms. The lowest BCUT2D eigenvalue weighted by atomic mass is 10.3. The smallest absolute Gasteiger partial charge is 0.233 e. The molecule has 0 saturated heterocycles. The minimum atomic E-state index is -0.387. The van der Waals surface area contributed by atoms with Crippen LogP contribution in [-0.2, 0) is 0 Å². The third-order valence-corrected chi connectivity index (χ3v) is 2.43. The molecule has 0 spiro atoms. The first-order valence-electron chi connectivity index (χ1n) is 5.86. The summed E-state index contributed by atoms with van der Waals surface area (Å²) in [5, 5.41) is 5.81. The van der Waals surface area contributed by atoms with Gasteiger partial charge in [-0.15, -0.1) is 0 Å². The predicted molar refractivity (Wildman–Crippen MR) is 73.3 cm³/mol. The number of anilines is 3. The molecule has 7 heteroatoms. The molecule has 0 amide bonds. The number of halogens is 2. The van der Waals surface area contributed by atoms with Crippen LogP contribution >= 0.6 is 11.6 Å². The molecule has 0 saturated carbocycles. The highest BCUT2D eigenvalue weighted by molar-refractivity contribution is 6.28. The van der Waals surface area contributed by atoms with Crippen molar-refractivity contribution < 1.29 is 4.39 Å². The van der Waals surface area contributed by atoms with Crippen LogP contribution in [0.3, 0.4) is 0 Å². The highest BCUT2D eigenvalue weighted by Gasteiger charge is 2.07. The van der Waals surface area contributed by atoms with Gasteiger partial charge in [0.15, 0.2) is 0 Å². The van der Waals surface area contributed by atoms with Crippen LogP contribution in [0.15, 0.2) is 24.3 Å². The van der Waals surface area contributed by atoms with E-state index in [1.165, 1.54) is 6.07 Å². The van der Waals surface area contributed by atoms with E-state index >= 15 is 0 Å². The zero-order valence-corrected chi connectivity index (χ0v) is 11.1. The van der Waals surface area contributed by atoms with Crippen molar-refractivity contribution >= 4 is 29.2 Å². The first-order valence-corrected chi connectivity index (χ1v) is 6.24. The molecule has 0 aliphatic rings. The van der Waals surface area contributed by atoms with Crippen molar-refractivity contribution in [2.75, 3.05) is 17.2 Å². The van der Waals surface area contributed by atoms with Gasteiger partial charge in [-0.05, 0) is 30.2 Å². The molecule has 1 aromatic carbocycles. The lowest BCUT2D eigenvalue weighted by Crippen LogP contribution is -2.08. The Bertz CT molecular complexity index is 564. The zero-order valence-electron chi connectivity index (χ0n) is 10.3. The number of benzene rings is 1. The van der Waals surface area contributed by atoms with E-state index in [2.05, 4.69) is 25.6 Å². The quantitative estimate of drug-likeness (QED) is 0.881. The molecule has 0 unspecified atom stereocenters. The van der Waals surface area contributed by atoms with Gasteiger partial charge in [0.1, 0.15) is 5.82 Å². The number of nitrogens with zero attached hydrogens (tertiary/aromatic N) is 3. The molecule has 100 valence electrons. The lowest BCUT2D eigenvalue weighted by molar-refractivity contribution is 0.631. The van der Waals surface area contributed by atoms with Gasteiger partial charge in [0.2, 0.25) is 17.2 Å². The molecule has 0 atom stereocenters. The van der Waals surface area contributed by atoms with Gasteiger partial charge in [-0.2, -0.15) is 15.0 Å². The number of hydrogen-bond donors (Lipinski definition) is 2. The number of aromatic nitrogens is 3. The summed E-state index contributed by atoms with van der Waals surface area (Å²) >= 11 is 5.80. The summed E-state index contributed by atoms with van der Waals surface area (Å²) in [7, 11) is 0. The number of nitrogens with one attached hydrogen (secondary N) is 2. The molecule has 0 aliphatic carbocycles. The largest absolute Gasteiger partial charge is 0.354 e. The average Bonchev–Trinajstić information content (AvgIpc) is 2.38. The second-order valence-electron chi connectivity index (χ2n) is 3.78. The maximum absolute atomic E-state index is 13.5. The van der Waals surface area contributed by atoms with Crippen molar-refractivity contribution in [3.8, 4) is 0 Å². The van der Waals surface area contributed by atoms with Crippen LogP contribution < -0.4 is 10.6 Å². The lowest BCUT2D eigenvalue weighted by Gasteiger charge is -2.08. The van der Waals surface area contributed by atoms with Crippen molar-refractivity contribution in [2.45, 2.75) is 13.3 Å². The molecular weight excluding hydrogens is 269 g/mol. The SMILES string of the molecule is CCCNc1nc(Cl)nc(Nc2ccccc2F)n1. The summed E-state index contributed by atoms with van der Waals surface area (Å²) in [6.07, 6.45) is 0.930. The molecule has 19 heavy (non-hydrogen) atoms. The third-order valence-electron chi connectivity index (χ3n) is 2.26.